The molecule has 0 amide bonds. The number of hydrogen-bond acceptors (Lipinski definition) is 6. The molecule has 6 nitrogen and oxygen atoms in total. The molecule has 0 aliphatic carbocycles. The molecule has 1 unspecified atom stereocenters. The van der Waals surface area contributed by atoms with E-state index in [1.165, 1.54) is 89.9 Å². The van der Waals surface area contributed by atoms with Gasteiger partial charge in [0.25, 0.3) is 0 Å². The van der Waals surface area contributed by atoms with Crippen LogP contribution in [0.1, 0.15) is 265 Å². The van der Waals surface area contributed by atoms with Gasteiger partial charge in [-0.2, -0.15) is 0 Å². The molecular formula is C75H118O6. The van der Waals surface area contributed by atoms with Crippen molar-refractivity contribution in [1.82, 2.24) is 0 Å². The lowest BCUT2D eigenvalue weighted by atomic mass is 10.0. The third-order valence-electron chi connectivity index (χ3n) is 13.2. The number of ether oxygens (including phenoxy) is 3. The van der Waals surface area contributed by atoms with E-state index in [2.05, 4.69) is 179 Å². The molecule has 0 heterocycles. The largest absolute Gasteiger partial charge is 0.462 e. The van der Waals surface area contributed by atoms with Crippen molar-refractivity contribution in [3.63, 3.8) is 0 Å². The van der Waals surface area contributed by atoms with Crippen LogP contribution < -0.4 is 0 Å². The molecule has 0 bridgehead atoms. The molecule has 0 aromatic rings. The lowest BCUT2D eigenvalue weighted by Gasteiger charge is -2.18. The smallest absolute Gasteiger partial charge is 0.306 e. The van der Waals surface area contributed by atoms with Gasteiger partial charge in [0.1, 0.15) is 13.2 Å². The summed E-state index contributed by atoms with van der Waals surface area (Å²) in [5, 5.41) is 0. The fraction of sp³-hybridized carbons (Fsp3) is 0.587. The van der Waals surface area contributed by atoms with Gasteiger partial charge in [-0.05, 0) is 135 Å². The van der Waals surface area contributed by atoms with Gasteiger partial charge >= 0.3 is 17.9 Å². The highest BCUT2D eigenvalue weighted by Gasteiger charge is 2.19. The van der Waals surface area contributed by atoms with Crippen molar-refractivity contribution < 1.29 is 28.6 Å². The number of hydrogen-bond donors (Lipinski definition) is 0. The monoisotopic (exact) mass is 1110 g/mol. The van der Waals surface area contributed by atoms with Crippen LogP contribution in [-0.2, 0) is 28.6 Å². The van der Waals surface area contributed by atoms with E-state index < -0.39 is 6.10 Å². The average Bonchev–Trinajstić information content (AvgIpc) is 3.46. The highest BCUT2D eigenvalue weighted by molar-refractivity contribution is 5.71. The molecule has 0 aromatic carbocycles. The van der Waals surface area contributed by atoms with Crippen molar-refractivity contribution >= 4 is 17.9 Å². The quantitative estimate of drug-likeness (QED) is 0.0261. The van der Waals surface area contributed by atoms with Crippen LogP contribution in [0.15, 0.2) is 170 Å². The molecule has 0 spiro atoms. The van der Waals surface area contributed by atoms with Gasteiger partial charge in [-0.1, -0.05) is 281 Å². The number of rotatable bonds is 57. The van der Waals surface area contributed by atoms with E-state index in [0.717, 1.165) is 122 Å². The molecule has 454 valence electrons. The maximum absolute atomic E-state index is 12.9. The molecule has 0 saturated heterocycles. The van der Waals surface area contributed by atoms with Crippen molar-refractivity contribution in [2.45, 2.75) is 271 Å². The molecular weight excluding hydrogens is 997 g/mol. The van der Waals surface area contributed by atoms with Gasteiger partial charge in [-0.3, -0.25) is 14.4 Å². The summed E-state index contributed by atoms with van der Waals surface area (Å²) in [5.74, 6) is -1.06. The number of unbranched alkanes of at least 4 members (excludes halogenated alkanes) is 18. The van der Waals surface area contributed by atoms with Crippen molar-refractivity contribution in [3.05, 3.63) is 170 Å². The summed E-state index contributed by atoms with van der Waals surface area (Å²) >= 11 is 0. The standard InChI is InChI=1S/C75H118O6/c1-4-7-10-13-16-19-22-25-27-29-31-33-34-35-36-37-38-39-40-42-43-45-47-50-53-56-59-62-65-68-74(77)80-71-72(70-79-73(76)67-64-61-58-55-52-49-24-21-18-15-12-9-6-3)81-75(78)69-66-63-60-57-54-51-48-46-44-41-32-30-28-26-23-20-17-14-11-8-5-2/h7-12,16-21,25-28,31-33,41,46,48-49,52,54,57-58,61,72H,4-6,13-15,22-24,29-30,34-40,42-45,47,50-51,53,55-56,59-60,62-71H2,1-3H3/b10-7-,11-8-,12-9-,19-16-,20-17-,21-18-,27-25-,28-26-,33-31-,41-32-,48-46-,52-49-,57-54-,61-58-. The van der Waals surface area contributed by atoms with Gasteiger partial charge in [0.2, 0.25) is 0 Å². The summed E-state index contributed by atoms with van der Waals surface area (Å²) < 4.78 is 16.8. The van der Waals surface area contributed by atoms with Gasteiger partial charge < -0.3 is 14.2 Å². The Morgan fingerprint density at radius 2 is 0.469 bits per heavy atom. The molecule has 1 atom stereocenters. The van der Waals surface area contributed by atoms with E-state index in [1.807, 2.05) is 12.2 Å². The van der Waals surface area contributed by atoms with E-state index in [1.54, 1.807) is 0 Å². The summed E-state index contributed by atoms with van der Waals surface area (Å²) in [6, 6.07) is 0. The summed E-state index contributed by atoms with van der Waals surface area (Å²) in [7, 11) is 0. The highest BCUT2D eigenvalue weighted by Crippen LogP contribution is 2.16. The Morgan fingerprint density at radius 1 is 0.247 bits per heavy atom. The zero-order valence-electron chi connectivity index (χ0n) is 52.0. The summed E-state index contributed by atoms with van der Waals surface area (Å²) in [4.78, 5) is 38.3. The Balaban J connectivity index is 4.39. The van der Waals surface area contributed by atoms with E-state index in [0.29, 0.717) is 19.3 Å². The van der Waals surface area contributed by atoms with E-state index in [9.17, 15) is 14.4 Å². The summed E-state index contributed by atoms with van der Waals surface area (Å²) in [6.07, 6.45) is 99.6. The summed E-state index contributed by atoms with van der Waals surface area (Å²) in [5.41, 5.74) is 0. The number of carbonyl (C=O) groups excluding carboxylic acids is 3. The van der Waals surface area contributed by atoms with Gasteiger partial charge in [-0.15, -0.1) is 0 Å². The molecule has 0 aromatic heterocycles. The molecule has 0 aliphatic heterocycles. The van der Waals surface area contributed by atoms with Crippen LogP contribution in [0.5, 0.6) is 0 Å². The molecule has 0 rings (SSSR count). The SMILES string of the molecule is CC/C=C\C/C=C\C/C=C\C/C=C\C/C=C\C/C=C\CCCCC(=O)OC(COC(=O)CC/C=C\C/C=C\C/C=C\C/C=C\CC)COC(=O)CCCCCCCCCCCCCCCCCC/C=C\C/C=C\C/C=C\C/C=C\CC. The van der Waals surface area contributed by atoms with Crippen LogP contribution in [0.3, 0.4) is 0 Å². The van der Waals surface area contributed by atoms with Gasteiger partial charge in [-0.25, -0.2) is 0 Å². The van der Waals surface area contributed by atoms with Crippen LogP contribution in [0.4, 0.5) is 0 Å². The Morgan fingerprint density at radius 3 is 0.790 bits per heavy atom. The zero-order chi connectivity index (χ0) is 58.5. The predicted octanol–water partition coefficient (Wildman–Crippen LogP) is 22.7. The van der Waals surface area contributed by atoms with Crippen molar-refractivity contribution in [3.8, 4) is 0 Å². The average molecular weight is 1120 g/mol. The zero-order valence-corrected chi connectivity index (χ0v) is 52.0. The number of allylic oxidation sites excluding steroid dienone is 28. The molecule has 6 heteroatoms. The maximum Gasteiger partial charge on any atom is 0.306 e. The topological polar surface area (TPSA) is 78.9 Å². The predicted molar refractivity (Wildman–Crippen MR) is 352 cm³/mol. The minimum Gasteiger partial charge on any atom is -0.462 e. The molecule has 0 aliphatic rings. The van der Waals surface area contributed by atoms with Gasteiger partial charge in [0, 0.05) is 19.3 Å². The third-order valence-corrected chi connectivity index (χ3v) is 13.2. The minimum atomic E-state index is -0.839. The Hall–Kier alpha value is -5.23. The lowest BCUT2D eigenvalue weighted by molar-refractivity contribution is -0.166. The van der Waals surface area contributed by atoms with E-state index in [-0.39, 0.29) is 44.0 Å². The second-order valence-electron chi connectivity index (χ2n) is 20.9. The van der Waals surface area contributed by atoms with Crippen LogP contribution in [-0.4, -0.2) is 37.2 Å². The van der Waals surface area contributed by atoms with Crippen LogP contribution in [0.25, 0.3) is 0 Å². The number of carbonyl (C=O) groups is 3. The first-order chi connectivity index (χ1) is 40.0. The minimum absolute atomic E-state index is 0.124. The van der Waals surface area contributed by atoms with Crippen molar-refractivity contribution in [1.29, 1.82) is 0 Å². The van der Waals surface area contributed by atoms with Crippen LogP contribution in [0.2, 0.25) is 0 Å². The van der Waals surface area contributed by atoms with Gasteiger partial charge in [0.05, 0.1) is 0 Å². The Labute approximate surface area is 498 Å². The molecule has 0 fully saturated rings. The third kappa shape index (κ3) is 65.5. The van der Waals surface area contributed by atoms with Gasteiger partial charge in [0.15, 0.2) is 6.10 Å². The molecule has 0 N–H and O–H groups in total. The number of esters is 3. The first kappa shape index (κ1) is 75.8. The molecule has 0 radical (unpaired) electrons. The molecule has 81 heavy (non-hydrogen) atoms. The second-order valence-corrected chi connectivity index (χ2v) is 20.9. The van der Waals surface area contributed by atoms with Crippen LogP contribution in [0, 0.1) is 0 Å². The van der Waals surface area contributed by atoms with E-state index in [4.69, 9.17) is 14.2 Å². The second kappa shape index (κ2) is 67.3. The fourth-order valence-corrected chi connectivity index (χ4v) is 8.45. The van der Waals surface area contributed by atoms with Crippen molar-refractivity contribution in [2.24, 2.45) is 0 Å². The van der Waals surface area contributed by atoms with Crippen molar-refractivity contribution in [2.75, 3.05) is 13.2 Å². The fourth-order valence-electron chi connectivity index (χ4n) is 8.45. The molecule has 0 saturated carbocycles. The Bertz CT molecular complexity index is 1860. The lowest BCUT2D eigenvalue weighted by Crippen LogP contribution is -2.30. The van der Waals surface area contributed by atoms with Crippen LogP contribution >= 0.6 is 0 Å². The first-order valence-electron chi connectivity index (χ1n) is 32.6. The maximum atomic E-state index is 12.9. The Kier molecular flexibility index (Phi) is 62.9. The first-order valence-corrected chi connectivity index (χ1v) is 32.6. The van der Waals surface area contributed by atoms with E-state index >= 15 is 0 Å². The summed E-state index contributed by atoms with van der Waals surface area (Å²) in [6.45, 7) is 6.20. The normalized spacial score (nSPS) is 13.3. The highest BCUT2D eigenvalue weighted by atomic mass is 16.6.